The molecule has 0 saturated carbocycles. The second-order valence-electron chi connectivity index (χ2n) is 3.64. The summed E-state index contributed by atoms with van der Waals surface area (Å²) in [6.45, 7) is 0. The maximum absolute atomic E-state index is 12.0. The number of nitrogens with one attached hydrogen (secondary N) is 2. The second-order valence-corrected chi connectivity index (χ2v) is 4.42. The first-order valence-corrected chi connectivity index (χ1v) is 6.44. The number of hydrogen-bond donors (Lipinski definition) is 2. The molecule has 0 spiro atoms. The highest BCUT2D eigenvalue weighted by atomic mass is 32.2. The molecule has 6 nitrogen and oxygen atoms in total. The van der Waals surface area contributed by atoms with Crippen LogP contribution in [-0.4, -0.2) is 31.4 Å². The van der Waals surface area contributed by atoms with E-state index < -0.39 is 0 Å². The summed E-state index contributed by atoms with van der Waals surface area (Å²) >= 11 is 1.43. The van der Waals surface area contributed by atoms with Gasteiger partial charge in [-0.3, -0.25) is 9.89 Å². The molecule has 0 aliphatic rings. The Kier molecular flexibility index (Phi) is 2.60. The van der Waals surface area contributed by atoms with Gasteiger partial charge >= 0.3 is 0 Å². The number of aromatic nitrogens is 5. The van der Waals surface area contributed by atoms with E-state index in [-0.39, 0.29) is 5.56 Å². The minimum Gasteiger partial charge on any atom is -0.306 e. The molecule has 3 aromatic heterocycles. The van der Waals surface area contributed by atoms with E-state index >= 15 is 0 Å². The fourth-order valence-corrected chi connectivity index (χ4v) is 2.02. The Balaban J connectivity index is 2.25. The molecule has 18 heavy (non-hydrogen) atoms. The minimum absolute atomic E-state index is 0.197. The predicted octanol–water partition coefficient (Wildman–Crippen LogP) is 1.43. The molecule has 0 unspecified atom stereocenters. The molecule has 2 N–H and O–H groups in total. The van der Waals surface area contributed by atoms with Crippen molar-refractivity contribution in [1.29, 1.82) is 0 Å². The molecule has 3 heterocycles. The number of fused-ring (bicyclic) bond motifs is 1. The van der Waals surface area contributed by atoms with Crippen LogP contribution in [0.25, 0.3) is 22.3 Å². The average Bonchev–Trinajstić information content (AvgIpc) is 2.91. The van der Waals surface area contributed by atoms with Crippen LogP contribution in [0, 0.1) is 0 Å². The van der Waals surface area contributed by atoms with Crippen molar-refractivity contribution in [1.82, 2.24) is 25.1 Å². The van der Waals surface area contributed by atoms with Crippen molar-refractivity contribution in [3.05, 3.63) is 34.9 Å². The van der Waals surface area contributed by atoms with Gasteiger partial charge in [0.1, 0.15) is 5.65 Å². The molecule has 7 heteroatoms. The summed E-state index contributed by atoms with van der Waals surface area (Å²) in [5, 5.41) is 8.02. The lowest BCUT2D eigenvalue weighted by Gasteiger charge is -2.01. The number of aromatic amines is 2. The third-order valence-corrected chi connectivity index (χ3v) is 3.11. The summed E-state index contributed by atoms with van der Waals surface area (Å²) in [5.74, 6) is 0. The van der Waals surface area contributed by atoms with Gasteiger partial charge in [0.05, 0.1) is 11.3 Å². The fourth-order valence-electron chi connectivity index (χ4n) is 1.68. The summed E-state index contributed by atoms with van der Waals surface area (Å²) < 4.78 is 0. The molecule has 0 atom stereocenters. The smallest absolute Gasteiger partial charge is 0.259 e. The van der Waals surface area contributed by atoms with Gasteiger partial charge in [0.15, 0.2) is 5.16 Å². The van der Waals surface area contributed by atoms with Crippen molar-refractivity contribution in [2.24, 2.45) is 0 Å². The number of pyridine rings is 1. The van der Waals surface area contributed by atoms with E-state index in [1.807, 2.05) is 6.26 Å². The molecule has 3 rings (SSSR count). The molecule has 90 valence electrons. The standard InChI is InChI=1S/C11H9N5OS/c1-18-11-12-5-6-4-7(8-2-3-13-16-8)10(17)14-9(6)15-11/h2-5H,1H3,(H,13,16)(H,12,14,15,17). The van der Waals surface area contributed by atoms with Gasteiger partial charge in [-0.05, 0) is 18.4 Å². The van der Waals surface area contributed by atoms with E-state index in [2.05, 4.69) is 25.1 Å². The van der Waals surface area contributed by atoms with Gasteiger partial charge in [-0.2, -0.15) is 5.10 Å². The van der Waals surface area contributed by atoms with E-state index in [0.29, 0.717) is 22.1 Å². The van der Waals surface area contributed by atoms with Gasteiger partial charge in [0.25, 0.3) is 5.56 Å². The quantitative estimate of drug-likeness (QED) is 0.537. The third kappa shape index (κ3) is 1.78. The zero-order valence-electron chi connectivity index (χ0n) is 9.47. The van der Waals surface area contributed by atoms with Crippen molar-refractivity contribution in [2.45, 2.75) is 5.16 Å². The third-order valence-electron chi connectivity index (χ3n) is 2.54. The minimum atomic E-state index is -0.197. The summed E-state index contributed by atoms with van der Waals surface area (Å²) in [7, 11) is 0. The maximum Gasteiger partial charge on any atom is 0.259 e. The molecule has 0 bridgehead atoms. The van der Waals surface area contributed by atoms with Gasteiger partial charge in [0, 0.05) is 17.8 Å². The Morgan fingerprint density at radius 1 is 1.39 bits per heavy atom. The Labute approximate surface area is 106 Å². The molecule has 0 aliphatic carbocycles. The van der Waals surface area contributed by atoms with Crippen LogP contribution >= 0.6 is 11.8 Å². The van der Waals surface area contributed by atoms with Crippen LogP contribution in [-0.2, 0) is 0 Å². The lowest BCUT2D eigenvalue weighted by molar-refractivity contribution is 0.987. The van der Waals surface area contributed by atoms with E-state index in [0.717, 1.165) is 5.39 Å². The van der Waals surface area contributed by atoms with Gasteiger partial charge in [-0.1, -0.05) is 11.8 Å². The highest BCUT2D eigenvalue weighted by molar-refractivity contribution is 7.98. The molecular weight excluding hydrogens is 250 g/mol. The van der Waals surface area contributed by atoms with Crippen molar-refractivity contribution in [3.8, 4) is 11.3 Å². The van der Waals surface area contributed by atoms with Crippen LogP contribution in [0.2, 0.25) is 0 Å². The van der Waals surface area contributed by atoms with Crippen LogP contribution in [0.15, 0.2) is 34.5 Å². The topological polar surface area (TPSA) is 87.3 Å². The van der Waals surface area contributed by atoms with Gasteiger partial charge in [-0.25, -0.2) is 9.97 Å². The van der Waals surface area contributed by atoms with Crippen LogP contribution in [0.1, 0.15) is 0 Å². The lowest BCUT2D eigenvalue weighted by Crippen LogP contribution is -2.10. The van der Waals surface area contributed by atoms with Crippen LogP contribution < -0.4 is 5.56 Å². The maximum atomic E-state index is 12.0. The monoisotopic (exact) mass is 259 g/mol. The highest BCUT2D eigenvalue weighted by Gasteiger charge is 2.08. The Bertz CT molecular complexity index is 750. The molecule has 0 fully saturated rings. The fraction of sp³-hybridized carbons (Fsp3) is 0.0909. The average molecular weight is 259 g/mol. The largest absolute Gasteiger partial charge is 0.306 e. The zero-order chi connectivity index (χ0) is 12.5. The summed E-state index contributed by atoms with van der Waals surface area (Å²) in [4.78, 5) is 23.1. The van der Waals surface area contributed by atoms with Crippen molar-refractivity contribution >= 4 is 22.8 Å². The van der Waals surface area contributed by atoms with Crippen LogP contribution in [0.4, 0.5) is 0 Å². The molecule has 0 amide bonds. The van der Waals surface area contributed by atoms with Crippen molar-refractivity contribution < 1.29 is 0 Å². The molecule has 0 aromatic carbocycles. The first-order valence-electron chi connectivity index (χ1n) is 5.22. The highest BCUT2D eigenvalue weighted by Crippen LogP contribution is 2.17. The second kappa shape index (κ2) is 4.26. The number of hydrogen-bond acceptors (Lipinski definition) is 5. The molecule has 0 aliphatic heterocycles. The predicted molar refractivity (Wildman–Crippen MR) is 69.5 cm³/mol. The van der Waals surface area contributed by atoms with Gasteiger partial charge in [0.2, 0.25) is 0 Å². The Hall–Kier alpha value is -2.15. The lowest BCUT2D eigenvalue weighted by atomic mass is 10.2. The Morgan fingerprint density at radius 2 is 2.28 bits per heavy atom. The molecule has 0 saturated heterocycles. The van der Waals surface area contributed by atoms with E-state index in [1.165, 1.54) is 11.8 Å². The summed E-state index contributed by atoms with van der Waals surface area (Å²) in [6.07, 6.45) is 5.19. The van der Waals surface area contributed by atoms with E-state index in [1.54, 1.807) is 24.5 Å². The number of thioether (sulfide) groups is 1. The zero-order valence-corrected chi connectivity index (χ0v) is 10.3. The van der Waals surface area contributed by atoms with Crippen molar-refractivity contribution in [3.63, 3.8) is 0 Å². The molecule has 3 aromatic rings. The first-order chi connectivity index (χ1) is 8.78. The van der Waals surface area contributed by atoms with E-state index in [4.69, 9.17) is 0 Å². The number of H-pyrrole nitrogens is 2. The number of nitrogens with zero attached hydrogens (tertiary/aromatic N) is 3. The molecule has 0 radical (unpaired) electrons. The first kappa shape index (κ1) is 11.0. The normalized spacial score (nSPS) is 10.9. The summed E-state index contributed by atoms with van der Waals surface area (Å²) in [5.41, 5.74) is 1.55. The summed E-state index contributed by atoms with van der Waals surface area (Å²) in [6, 6.07) is 3.50. The number of rotatable bonds is 2. The Morgan fingerprint density at radius 3 is 3.00 bits per heavy atom. The van der Waals surface area contributed by atoms with E-state index in [9.17, 15) is 4.79 Å². The van der Waals surface area contributed by atoms with Crippen molar-refractivity contribution in [2.75, 3.05) is 6.26 Å². The van der Waals surface area contributed by atoms with Gasteiger partial charge < -0.3 is 4.98 Å². The van der Waals surface area contributed by atoms with Crippen LogP contribution in [0.3, 0.4) is 0 Å². The van der Waals surface area contributed by atoms with Gasteiger partial charge in [-0.15, -0.1) is 0 Å². The SMILES string of the molecule is CSc1ncc2cc(-c3ccn[nH]3)c(=O)[nH]c2n1. The van der Waals surface area contributed by atoms with Crippen LogP contribution in [0.5, 0.6) is 0 Å². The molecular formula is C11H9N5OS.